The number of nitrogens with zero attached hydrogens (tertiary/aromatic N) is 2. The molecule has 100 valence electrons. The maximum atomic E-state index is 5.68. The first-order chi connectivity index (χ1) is 8.83. The molecule has 0 spiro atoms. The van der Waals surface area contributed by atoms with Crippen LogP contribution in [-0.4, -0.2) is 37.3 Å². The Bertz CT molecular complexity index is 362. The number of hydrogen-bond donors (Lipinski definition) is 1. The van der Waals surface area contributed by atoms with E-state index in [1.807, 2.05) is 6.20 Å². The third kappa shape index (κ3) is 3.35. The number of nitrogens with one attached hydrogen (secondary N) is 1. The predicted molar refractivity (Wildman–Crippen MR) is 75.3 cm³/mol. The normalized spacial score (nSPS) is 16.9. The third-order valence-electron chi connectivity index (χ3n) is 3.31. The summed E-state index contributed by atoms with van der Waals surface area (Å²) in [7, 11) is 0. The van der Waals surface area contributed by atoms with E-state index >= 15 is 0 Å². The van der Waals surface area contributed by atoms with Gasteiger partial charge in [-0.15, -0.1) is 0 Å². The first-order valence-corrected chi connectivity index (χ1v) is 6.90. The zero-order valence-corrected chi connectivity index (χ0v) is 11.4. The minimum Gasteiger partial charge on any atom is -0.378 e. The zero-order chi connectivity index (χ0) is 12.8. The molecule has 2 heterocycles. The van der Waals surface area contributed by atoms with Crippen LogP contribution in [0.5, 0.6) is 0 Å². The van der Waals surface area contributed by atoms with Crippen LogP contribution < -0.4 is 10.2 Å². The van der Waals surface area contributed by atoms with Gasteiger partial charge in [0.15, 0.2) is 0 Å². The number of anilines is 2. The van der Waals surface area contributed by atoms with Gasteiger partial charge in [-0.3, -0.25) is 0 Å². The van der Waals surface area contributed by atoms with E-state index in [1.165, 1.54) is 5.69 Å². The fraction of sp³-hybridized carbons (Fsp3) is 0.643. The summed E-state index contributed by atoms with van der Waals surface area (Å²) >= 11 is 0. The highest BCUT2D eigenvalue weighted by Crippen LogP contribution is 2.22. The van der Waals surface area contributed by atoms with Crippen LogP contribution in [0, 0.1) is 0 Å². The minimum absolute atomic E-state index is 0.446. The van der Waals surface area contributed by atoms with Crippen molar-refractivity contribution in [2.24, 2.45) is 0 Å². The molecule has 1 aliphatic heterocycles. The van der Waals surface area contributed by atoms with Gasteiger partial charge in [0, 0.05) is 44.2 Å². The predicted octanol–water partition coefficient (Wildman–Crippen LogP) is 2.52. The van der Waals surface area contributed by atoms with E-state index in [1.54, 1.807) is 0 Å². The SMILES string of the molecule is CCNc1cc(N2CCC(OCC)CC2)ccn1. The summed E-state index contributed by atoms with van der Waals surface area (Å²) in [6.07, 6.45) is 4.56. The average molecular weight is 249 g/mol. The smallest absolute Gasteiger partial charge is 0.127 e. The second-order valence-corrected chi connectivity index (χ2v) is 4.57. The zero-order valence-electron chi connectivity index (χ0n) is 11.4. The van der Waals surface area contributed by atoms with Crippen molar-refractivity contribution in [3.8, 4) is 0 Å². The van der Waals surface area contributed by atoms with E-state index in [4.69, 9.17) is 4.74 Å². The lowest BCUT2D eigenvalue weighted by Crippen LogP contribution is -2.37. The Labute approximate surface area is 109 Å². The van der Waals surface area contributed by atoms with Gasteiger partial charge < -0.3 is 15.0 Å². The number of hydrogen-bond acceptors (Lipinski definition) is 4. The van der Waals surface area contributed by atoms with Crippen LogP contribution in [0.4, 0.5) is 11.5 Å². The topological polar surface area (TPSA) is 37.4 Å². The van der Waals surface area contributed by atoms with Gasteiger partial charge in [0.05, 0.1) is 6.10 Å². The Hall–Kier alpha value is -1.29. The van der Waals surface area contributed by atoms with Gasteiger partial charge in [0.25, 0.3) is 0 Å². The van der Waals surface area contributed by atoms with Crippen molar-refractivity contribution >= 4 is 11.5 Å². The first kappa shape index (κ1) is 13.1. The summed E-state index contributed by atoms with van der Waals surface area (Å²) in [6, 6.07) is 4.21. The molecule has 1 fully saturated rings. The van der Waals surface area contributed by atoms with Crippen molar-refractivity contribution in [2.45, 2.75) is 32.8 Å². The summed E-state index contributed by atoms with van der Waals surface area (Å²) in [5.41, 5.74) is 1.26. The fourth-order valence-corrected chi connectivity index (χ4v) is 2.41. The van der Waals surface area contributed by atoms with Gasteiger partial charge in [-0.1, -0.05) is 0 Å². The molecule has 0 aromatic carbocycles. The van der Waals surface area contributed by atoms with Crippen LogP contribution in [0.2, 0.25) is 0 Å². The van der Waals surface area contributed by atoms with Crippen molar-refractivity contribution in [3.05, 3.63) is 18.3 Å². The van der Waals surface area contributed by atoms with Crippen LogP contribution in [0.1, 0.15) is 26.7 Å². The molecule has 0 aliphatic carbocycles. The molecule has 0 unspecified atom stereocenters. The molecule has 0 amide bonds. The molecule has 18 heavy (non-hydrogen) atoms. The standard InChI is InChI=1S/C14H23N3O/c1-3-15-14-11-12(5-8-16-14)17-9-6-13(7-10-17)18-4-2/h5,8,11,13H,3-4,6-7,9-10H2,1-2H3,(H,15,16). The molecule has 1 N–H and O–H groups in total. The summed E-state index contributed by atoms with van der Waals surface area (Å²) in [5.74, 6) is 0.960. The largest absolute Gasteiger partial charge is 0.378 e. The van der Waals surface area contributed by atoms with Crippen molar-refractivity contribution in [2.75, 3.05) is 36.5 Å². The van der Waals surface area contributed by atoms with Gasteiger partial charge in [0.1, 0.15) is 5.82 Å². The molecule has 2 rings (SSSR count). The van der Waals surface area contributed by atoms with E-state index in [0.717, 1.165) is 44.9 Å². The summed E-state index contributed by atoms with van der Waals surface area (Å²) in [6.45, 7) is 8.02. The Balaban J connectivity index is 1.94. The van der Waals surface area contributed by atoms with Gasteiger partial charge in [-0.2, -0.15) is 0 Å². The van der Waals surface area contributed by atoms with Gasteiger partial charge in [0.2, 0.25) is 0 Å². The maximum absolute atomic E-state index is 5.68. The Kier molecular flexibility index (Phi) is 4.81. The molecule has 0 atom stereocenters. The number of aromatic nitrogens is 1. The van der Waals surface area contributed by atoms with E-state index < -0.39 is 0 Å². The molecule has 0 saturated carbocycles. The molecular weight excluding hydrogens is 226 g/mol. The second-order valence-electron chi connectivity index (χ2n) is 4.57. The first-order valence-electron chi connectivity index (χ1n) is 6.90. The lowest BCUT2D eigenvalue weighted by Gasteiger charge is -2.33. The monoisotopic (exact) mass is 249 g/mol. The lowest BCUT2D eigenvalue weighted by molar-refractivity contribution is 0.0459. The van der Waals surface area contributed by atoms with Crippen molar-refractivity contribution in [1.29, 1.82) is 0 Å². The molecule has 1 aromatic heterocycles. The quantitative estimate of drug-likeness (QED) is 0.870. The van der Waals surface area contributed by atoms with Crippen molar-refractivity contribution < 1.29 is 4.74 Å². The van der Waals surface area contributed by atoms with Crippen LogP contribution in [0.3, 0.4) is 0 Å². The number of piperidine rings is 1. The van der Waals surface area contributed by atoms with Crippen LogP contribution in [0.25, 0.3) is 0 Å². The lowest BCUT2D eigenvalue weighted by atomic mass is 10.1. The second kappa shape index (κ2) is 6.59. The third-order valence-corrected chi connectivity index (χ3v) is 3.31. The Morgan fingerprint density at radius 3 is 2.83 bits per heavy atom. The summed E-state index contributed by atoms with van der Waals surface area (Å²) < 4.78 is 5.68. The highest BCUT2D eigenvalue weighted by atomic mass is 16.5. The van der Waals surface area contributed by atoms with Crippen molar-refractivity contribution in [3.63, 3.8) is 0 Å². The van der Waals surface area contributed by atoms with E-state index in [0.29, 0.717) is 6.10 Å². The molecule has 0 bridgehead atoms. The highest BCUT2D eigenvalue weighted by Gasteiger charge is 2.19. The van der Waals surface area contributed by atoms with Crippen molar-refractivity contribution in [1.82, 2.24) is 4.98 Å². The molecule has 1 aromatic rings. The van der Waals surface area contributed by atoms with Gasteiger partial charge >= 0.3 is 0 Å². The van der Waals surface area contributed by atoms with E-state index in [2.05, 4.69) is 41.2 Å². The van der Waals surface area contributed by atoms with Crippen LogP contribution in [-0.2, 0) is 4.74 Å². The van der Waals surface area contributed by atoms with E-state index in [9.17, 15) is 0 Å². The average Bonchev–Trinajstić information content (AvgIpc) is 2.41. The van der Waals surface area contributed by atoms with Crippen LogP contribution in [0.15, 0.2) is 18.3 Å². The Morgan fingerprint density at radius 1 is 1.39 bits per heavy atom. The minimum atomic E-state index is 0.446. The molecule has 1 saturated heterocycles. The molecule has 4 heteroatoms. The number of pyridine rings is 1. The van der Waals surface area contributed by atoms with Gasteiger partial charge in [-0.25, -0.2) is 4.98 Å². The Morgan fingerprint density at radius 2 is 2.17 bits per heavy atom. The van der Waals surface area contributed by atoms with Gasteiger partial charge in [-0.05, 0) is 32.8 Å². The molecule has 0 radical (unpaired) electrons. The number of rotatable bonds is 5. The summed E-state index contributed by atoms with van der Waals surface area (Å²) in [5, 5.41) is 3.25. The highest BCUT2D eigenvalue weighted by molar-refractivity contribution is 5.54. The van der Waals surface area contributed by atoms with E-state index in [-0.39, 0.29) is 0 Å². The maximum Gasteiger partial charge on any atom is 0.127 e. The number of ether oxygens (including phenoxy) is 1. The fourth-order valence-electron chi connectivity index (χ4n) is 2.41. The molecule has 1 aliphatic rings. The molecular formula is C14H23N3O. The summed E-state index contributed by atoms with van der Waals surface area (Å²) in [4.78, 5) is 6.72. The van der Waals surface area contributed by atoms with Crippen LogP contribution >= 0.6 is 0 Å². The molecule has 4 nitrogen and oxygen atoms in total.